The Morgan fingerprint density at radius 3 is 2.50 bits per heavy atom. The molecule has 0 saturated carbocycles. The van der Waals surface area contributed by atoms with Gasteiger partial charge in [0.05, 0.1) is 12.8 Å². The predicted molar refractivity (Wildman–Crippen MR) is 136 cm³/mol. The zero-order valence-electron chi connectivity index (χ0n) is 20.9. The van der Waals surface area contributed by atoms with E-state index in [0.29, 0.717) is 17.7 Å². The molecule has 1 fully saturated rings. The smallest absolute Gasteiger partial charge is 0.160 e. The molecule has 1 aliphatic heterocycles. The van der Waals surface area contributed by atoms with Gasteiger partial charge >= 0.3 is 0 Å². The number of benzene rings is 2. The molecule has 0 aliphatic carbocycles. The Labute approximate surface area is 203 Å². The molecule has 6 heteroatoms. The molecule has 1 atom stereocenters. The topological polar surface area (TPSA) is 53.8 Å². The molecule has 1 unspecified atom stereocenters. The highest BCUT2D eigenvalue weighted by molar-refractivity contribution is 5.41. The van der Waals surface area contributed by atoms with Crippen molar-refractivity contribution in [1.29, 1.82) is 0 Å². The van der Waals surface area contributed by atoms with E-state index in [1.807, 2.05) is 23.9 Å². The summed E-state index contributed by atoms with van der Waals surface area (Å²) in [6.45, 7) is 6.08. The van der Waals surface area contributed by atoms with Gasteiger partial charge < -0.3 is 9.84 Å². The highest BCUT2D eigenvalue weighted by Gasteiger charge is 2.30. The highest BCUT2D eigenvalue weighted by Crippen LogP contribution is 2.30. The lowest BCUT2D eigenvalue weighted by molar-refractivity contribution is 0.0953. The number of aryl methyl sites for hydroxylation is 2. The van der Waals surface area contributed by atoms with Crippen LogP contribution in [0.3, 0.4) is 0 Å². The molecule has 182 valence electrons. The second-order valence-electron chi connectivity index (χ2n) is 9.71. The van der Waals surface area contributed by atoms with Crippen molar-refractivity contribution >= 4 is 0 Å². The first-order valence-corrected chi connectivity index (χ1v) is 12.2. The maximum Gasteiger partial charge on any atom is 0.160 e. The van der Waals surface area contributed by atoms with Crippen molar-refractivity contribution < 1.29 is 9.84 Å². The minimum absolute atomic E-state index is 0.195. The van der Waals surface area contributed by atoms with Gasteiger partial charge in [-0.05, 0) is 75.5 Å². The van der Waals surface area contributed by atoms with Gasteiger partial charge in [-0.3, -0.25) is 14.5 Å². The van der Waals surface area contributed by atoms with E-state index in [0.717, 1.165) is 38.3 Å². The number of rotatable bonds is 9. The van der Waals surface area contributed by atoms with Crippen molar-refractivity contribution in [3.63, 3.8) is 0 Å². The van der Waals surface area contributed by atoms with Crippen LogP contribution in [0.25, 0.3) is 0 Å². The Morgan fingerprint density at radius 2 is 1.85 bits per heavy atom. The SMILES string of the molecule is COc1cc(CN2CCC(C(Cc3ccccc3)N(C)Cc3cn(C)nc3C)CC2)ccc1O. The summed E-state index contributed by atoms with van der Waals surface area (Å²) in [5.41, 5.74) is 5.01. The van der Waals surface area contributed by atoms with E-state index in [2.05, 4.69) is 65.4 Å². The van der Waals surface area contributed by atoms with Crippen molar-refractivity contribution in [1.82, 2.24) is 19.6 Å². The number of hydrogen-bond donors (Lipinski definition) is 1. The van der Waals surface area contributed by atoms with E-state index in [1.165, 1.54) is 29.5 Å². The molecular weight excluding hydrogens is 424 g/mol. The van der Waals surface area contributed by atoms with Crippen molar-refractivity contribution in [3.8, 4) is 11.5 Å². The van der Waals surface area contributed by atoms with E-state index in [-0.39, 0.29) is 5.75 Å². The fourth-order valence-electron chi connectivity index (χ4n) is 5.30. The molecule has 1 saturated heterocycles. The van der Waals surface area contributed by atoms with Crippen LogP contribution in [0.15, 0.2) is 54.7 Å². The Bertz CT molecular complexity index is 1060. The summed E-state index contributed by atoms with van der Waals surface area (Å²) < 4.78 is 7.20. The van der Waals surface area contributed by atoms with Crippen molar-refractivity contribution in [3.05, 3.63) is 77.1 Å². The average Bonchev–Trinajstić information content (AvgIpc) is 3.16. The number of methoxy groups -OCH3 is 1. The van der Waals surface area contributed by atoms with E-state index >= 15 is 0 Å². The van der Waals surface area contributed by atoms with Gasteiger partial charge in [-0.1, -0.05) is 36.4 Å². The molecule has 6 nitrogen and oxygen atoms in total. The second-order valence-corrected chi connectivity index (χ2v) is 9.71. The van der Waals surface area contributed by atoms with Crippen molar-refractivity contribution in [2.45, 2.75) is 45.3 Å². The van der Waals surface area contributed by atoms with Gasteiger partial charge in [0, 0.05) is 37.9 Å². The minimum Gasteiger partial charge on any atom is -0.504 e. The van der Waals surface area contributed by atoms with Gasteiger partial charge in [0.1, 0.15) is 0 Å². The van der Waals surface area contributed by atoms with Crippen LogP contribution in [0.1, 0.15) is 35.2 Å². The number of piperidine rings is 1. The van der Waals surface area contributed by atoms with Gasteiger partial charge in [-0.15, -0.1) is 0 Å². The van der Waals surface area contributed by atoms with Crippen molar-refractivity contribution in [2.24, 2.45) is 13.0 Å². The van der Waals surface area contributed by atoms with Crippen LogP contribution < -0.4 is 4.74 Å². The third-order valence-corrected chi connectivity index (χ3v) is 7.22. The van der Waals surface area contributed by atoms with Gasteiger partial charge in [-0.2, -0.15) is 5.10 Å². The molecule has 1 N–H and O–H groups in total. The Kier molecular flexibility index (Phi) is 7.91. The highest BCUT2D eigenvalue weighted by atomic mass is 16.5. The molecule has 2 aromatic carbocycles. The molecule has 34 heavy (non-hydrogen) atoms. The van der Waals surface area contributed by atoms with Crippen LogP contribution in [0.5, 0.6) is 11.5 Å². The number of aromatic hydroxyl groups is 1. The second kappa shape index (κ2) is 11.1. The summed E-state index contributed by atoms with van der Waals surface area (Å²) in [6.07, 6.45) is 5.59. The van der Waals surface area contributed by atoms with Crippen LogP contribution in [0.4, 0.5) is 0 Å². The standard InChI is InChI=1S/C28H38N4O2/c1-21-25(20-31(3)29-21)19-30(2)26(16-22-8-6-5-7-9-22)24-12-14-32(15-13-24)18-23-10-11-27(33)28(17-23)34-4/h5-11,17,20,24,26,33H,12-16,18-19H2,1-4H3. The number of phenolic OH excluding ortho intramolecular Hbond substituents is 1. The quantitative estimate of drug-likeness (QED) is 0.511. The molecule has 1 aliphatic rings. The summed E-state index contributed by atoms with van der Waals surface area (Å²) in [5.74, 6) is 1.39. The lowest BCUT2D eigenvalue weighted by Gasteiger charge is -2.40. The summed E-state index contributed by atoms with van der Waals surface area (Å²) in [5, 5.41) is 14.4. The molecular formula is C28H38N4O2. The van der Waals surface area contributed by atoms with E-state index in [1.54, 1.807) is 13.2 Å². The summed E-state index contributed by atoms with van der Waals surface area (Å²) in [6, 6.07) is 17.0. The van der Waals surface area contributed by atoms with Gasteiger partial charge in [0.15, 0.2) is 11.5 Å². The minimum atomic E-state index is 0.195. The number of ether oxygens (including phenoxy) is 1. The number of likely N-dealkylation sites (N-methyl/N-ethyl adjacent to an activating group) is 1. The van der Waals surface area contributed by atoms with Crippen LogP contribution in [0, 0.1) is 12.8 Å². The first-order valence-electron chi connectivity index (χ1n) is 12.2. The van der Waals surface area contributed by atoms with Crippen LogP contribution in [0.2, 0.25) is 0 Å². The molecule has 4 rings (SSSR count). The van der Waals surface area contributed by atoms with E-state index < -0.39 is 0 Å². The molecule has 1 aromatic heterocycles. The lowest BCUT2D eigenvalue weighted by Crippen LogP contribution is -2.45. The van der Waals surface area contributed by atoms with Gasteiger partial charge in [-0.25, -0.2) is 0 Å². The van der Waals surface area contributed by atoms with Crippen LogP contribution >= 0.6 is 0 Å². The molecule has 0 amide bonds. The Morgan fingerprint density at radius 1 is 1.12 bits per heavy atom. The number of hydrogen-bond acceptors (Lipinski definition) is 5. The van der Waals surface area contributed by atoms with E-state index in [9.17, 15) is 5.11 Å². The van der Waals surface area contributed by atoms with Gasteiger partial charge in [0.2, 0.25) is 0 Å². The third kappa shape index (κ3) is 5.99. The first-order chi connectivity index (χ1) is 16.4. The average molecular weight is 463 g/mol. The number of nitrogens with zero attached hydrogens (tertiary/aromatic N) is 4. The molecule has 2 heterocycles. The van der Waals surface area contributed by atoms with E-state index in [4.69, 9.17) is 4.74 Å². The first kappa shape index (κ1) is 24.3. The summed E-state index contributed by atoms with van der Waals surface area (Å²) in [7, 11) is 5.87. The molecule has 0 radical (unpaired) electrons. The number of phenols is 1. The zero-order valence-corrected chi connectivity index (χ0v) is 20.9. The Balaban J connectivity index is 1.42. The molecule has 0 spiro atoms. The predicted octanol–water partition coefficient (Wildman–Crippen LogP) is 4.40. The number of likely N-dealkylation sites (tertiary alicyclic amines) is 1. The maximum atomic E-state index is 9.89. The summed E-state index contributed by atoms with van der Waals surface area (Å²) in [4.78, 5) is 5.06. The lowest BCUT2D eigenvalue weighted by atomic mass is 9.84. The number of aromatic nitrogens is 2. The van der Waals surface area contributed by atoms with Crippen molar-refractivity contribution in [2.75, 3.05) is 27.2 Å². The molecule has 3 aromatic rings. The largest absolute Gasteiger partial charge is 0.504 e. The monoisotopic (exact) mass is 462 g/mol. The fourth-order valence-corrected chi connectivity index (χ4v) is 5.30. The zero-order chi connectivity index (χ0) is 24.1. The third-order valence-electron chi connectivity index (χ3n) is 7.22. The Hall–Kier alpha value is -2.83. The van der Waals surface area contributed by atoms with Gasteiger partial charge in [0.25, 0.3) is 0 Å². The van der Waals surface area contributed by atoms with Crippen LogP contribution in [-0.2, 0) is 26.6 Å². The van der Waals surface area contributed by atoms with Crippen LogP contribution in [-0.4, -0.2) is 58.0 Å². The fraction of sp³-hybridized carbons (Fsp3) is 0.464. The normalized spacial score (nSPS) is 16.1. The summed E-state index contributed by atoms with van der Waals surface area (Å²) >= 11 is 0. The maximum absolute atomic E-state index is 9.89. The molecule has 0 bridgehead atoms.